The van der Waals surface area contributed by atoms with Crippen LogP contribution in [0.4, 0.5) is 0 Å². The van der Waals surface area contributed by atoms with E-state index < -0.39 is 5.60 Å². The van der Waals surface area contributed by atoms with E-state index in [4.69, 9.17) is 0 Å². The van der Waals surface area contributed by atoms with Crippen LogP contribution in [-0.2, 0) is 4.79 Å². The summed E-state index contributed by atoms with van der Waals surface area (Å²) in [6.45, 7) is 4.25. The topological polar surface area (TPSA) is 52.6 Å². The Labute approximate surface area is 110 Å². The highest BCUT2D eigenvalue weighted by molar-refractivity contribution is 5.81. The van der Waals surface area contributed by atoms with E-state index >= 15 is 0 Å². The van der Waals surface area contributed by atoms with E-state index in [1.165, 1.54) is 6.42 Å². The molecule has 0 aromatic heterocycles. The fourth-order valence-electron chi connectivity index (χ4n) is 3.03. The minimum Gasteiger partial charge on any atom is -0.389 e. The summed E-state index contributed by atoms with van der Waals surface area (Å²) >= 11 is 0. The molecular formula is C14H26N2O2. The SMILES string of the molecule is CC(NCC1(O)CCCCC1)C(=O)N1CCCC1. The number of carbonyl (C=O) groups is 1. The number of carbonyl (C=O) groups excluding carboxylic acids is 1. The zero-order valence-corrected chi connectivity index (χ0v) is 11.5. The molecule has 0 aromatic carbocycles. The van der Waals surface area contributed by atoms with Crippen LogP contribution < -0.4 is 5.32 Å². The Bertz CT molecular complexity index is 282. The Morgan fingerprint density at radius 1 is 1.22 bits per heavy atom. The van der Waals surface area contributed by atoms with Crippen molar-refractivity contribution in [3.05, 3.63) is 0 Å². The van der Waals surface area contributed by atoms with E-state index in [0.717, 1.165) is 51.6 Å². The minimum absolute atomic E-state index is 0.172. The first-order chi connectivity index (χ1) is 8.61. The Kier molecular flexibility index (Phi) is 4.62. The van der Waals surface area contributed by atoms with Gasteiger partial charge in [0, 0.05) is 19.6 Å². The van der Waals surface area contributed by atoms with Crippen LogP contribution in [0.25, 0.3) is 0 Å². The monoisotopic (exact) mass is 254 g/mol. The Balaban J connectivity index is 1.76. The maximum atomic E-state index is 12.1. The standard InChI is InChI=1S/C14H26N2O2/c1-12(13(17)16-9-5-6-10-16)15-11-14(18)7-3-2-4-8-14/h12,15,18H,2-11H2,1H3. The first-order valence-electron chi connectivity index (χ1n) is 7.35. The second kappa shape index (κ2) is 6.02. The molecule has 2 aliphatic rings. The Morgan fingerprint density at radius 3 is 2.44 bits per heavy atom. The van der Waals surface area contributed by atoms with Crippen molar-refractivity contribution in [2.24, 2.45) is 0 Å². The van der Waals surface area contributed by atoms with Crippen molar-refractivity contribution < 1.29 is 9.90 Å². The van der Waals surface area contributed by atoms with Gasteiger partial charge in [0.15, 0.2) is 0 Å². The summed E-state index contributed by atoms with van der Waals surface area (Å²) in [6, 6.07) is -0.172. The molecule has 2 fully saturated rings. The third-order valence-electron chi connectivity index (χ3n) is 4.31. The van der Waals surface area contributed by atoms with Crippen LogP contribution in [0, 0.1) is 0 Å². The average molecular weight is 254 g/mol. The van der Waals surface area contributed by atoms with Gasteiger partial charge in [-0.1, -0.05) is 19.3 Å². The molecular weight excluding hydrogens is 228 g/mol. The number of hydrogen-bond donors (Lipinski definition) is 2. The summed E-state index contributed by atoms with van der Waals surface area (Å²) in [6.07, 6.45) is 7.42. The van der Waals surface area contributed by atoms with Crippen LogP contribution in [-0.4, -0.2) is 47.2 Å². The summed E-state index contributed by atoms with van der Waals surface area (Å²) in [4.78, 5) is 14.0. The predicted molar refractivity (Wildman–Crippen MR) is 71.3 cm³/mol. The van der Waals surface area contributed by atoms with Gasteiger partial charge in [0.05, 0.1) is 11.6 Å². The molecule has 18 heavy (non-hydrogen) atoms. The smallest absolute Gasteiger partial charge is 0.239 e. The quantitative estimate of drug-likeness (QED) is 0.794. The summed E-state index contributed by atoms with van der Waals surface area (Å²) in [5.41, 5.74) is -0.586. The molecule has 104 valence electrons. The number of amides is 1. The van der Waals surface area contributed by atoms with Gasteiger partial charge in [-0.05, 0) is 32.6 Å². The first-order valence-corrected chi connectivity index (χ1v) is 7.35. The molecule has 2 N–H and O–H groups in total. The molecule has 1 aliphatic heterocycles. The van der Waals surface area contributed by atoms with E-state index in [-0.39, 0.29) is 11.9 Å². The molecule has 1 heterocycles. The van der Waals surface area contributed by atoms with Crippen molar-refractivity contribution in [3.63, 3.8) is 0 Å². The molecule has 1 saturated carbocycles. The van der Waals surface area contributed by atoms with Gasteiger partial charge >= 0.3 is 0 Å². The Hall–Kier alpha value is -0.610. The van der Waals surface area contributed by atoms with E-state index in [1.807, 2.05) is 11.8 Å². The van der Waals surface area contributed by atoms with Crippen molar-refractivity contribution >= 4 is 5.91 Å². The van der Waals surface area contributed by atoms with Gasteiger partial charge in [-0.3, -0.25) is 4.79 Å². The summed E-state index contributed by atoms with van der Waals surface area (Å²) < 4.78 is 0. The molecule has 0 spiro atoms. The van der Waals surface area contributed by atoms with Gasteiger partial charge in [0.1, 0.15) is 0 Å². The fraction of sp³-hybridized carbons (Fsp3) is 0.929. The molecule has 1 atom stereocenters. The van der Waals surface area contributed by atoms with Crippen LogP contribution in [0.3, 0.4) is 0 Å². The number of rotatable bonds is 4. The first kappa shape index (κ1) is 13.8. The normalized spacial score (nSPS) is 25.1. The van der Waals surface area contributed by atoms with Crippen LogP contribution in [0.5, 0.6) is 0 Å². The second-order valence-electron chi connectivity index (χ2n) is 5.92. The molecule has 1 aliphatic carbocycles. The maximum absolute atomic E-state index is 12.1. The molecule has 0 bridgehead atoms. The molecule has 4 nitrogen and oxygen atoms in total. The van der Waals surface area contributed by atoms with Crippen molar-refractivity contribution in [1.29, 1.82) is 0 Å². The molecule has 0 radical (unpaired) electrons. The van der Waals surface area contributed by atoms with Crippen LogP contribution in [0.2, 0.25) is 0 Å². The summed E-state index contributed by atoms with van der Waals surface area (Å²) in [7, 11) is 0. The fourth-order valence-corrected chi connectivity index (χ4v) is 3.03. The third-order valence-corrected chi connectivity index (χ3v) is 4.31. The molecule has 0 aromatic rings. The van der Waals surface area contributed by atoms with E-state index in [2.05, 4.69) is 5.32 Å². The van der Waals surface area contributed by atoms with Gasteiger partial charge in [0.2, 0.25) is 5.91 Å². The lowest BCUT2D eigenvalue weighted by Gasteiger charge is -2.33. The third kappa shape index (κ3) is 3.45. The molecule has 1 unspecified atom stereocenters. The van der Waals surface area contributed by atoms with Gasteiger partial charge in [-0.2, -0.15) is 0 Å². The van der Waals surface area contributed by atoms with Gasteiger partial charge < -0.3 is 15.3 Å². The highest BCUT2D eigenvalue weighted by atomic mass is 16.3. The summed E-state index contributed by atoms with van der Waals surface area (Å²) in [5.74, 6) is 0.187. The largest absolute Gasteiger partial charge is 0.389 e. The number of nitrogens with one attached hydrogen (secondary N) is 1. The summed E-state index contributed by atoms with van der Waals surface area (Å²) in [5, 5.41) is 13.6. The second-order valence-corrected chi connectivity index (χ2v) is 5.92. The van der Waals surface area contributed by atoms with E-state index in [9.17, 15) is 9.90 Å². The zero-order chi connectivity index (χ0) is 13.0. The van der Waals surface area contributed by atoms with E-state index in [0.29, 0.717) is 6.54 Å². The van der Waals surface area contributed by atoms with Crippen molar-refractivity contribution in [2.75, 3.05) is 19.6 Å². The molecule has 1 amide bonds. The van der Waals surface area contributed by atoms with Gasteiger partial charge in [0.25, 0.3) is 0 Å². The zero-order valence-electron chi connectivity index (χ0n) is 11.5. The highest BCUT2D eigenvalue weighted by Crippen LogP contribution is 2.27. The molecule has 4 heteroatoms. The maximum Gasteiger partial charge on any atom is 0.239 e. The van der Waals surface area contributed by atoms with Crippen molar-refractivity contribution in [3.8, 4) is 0 Å². The number of nitrogens with zero attached hydrogens (tertiary/aromatic N) is 1. The average Bonchev–Trinajstić information content (AvgIpc) is 2.90. The predicted octanol–water partition coefficient (Wildman–Crippen LogP) is 1.28. The van der Waals surface area contributed by atoms with Crippen molar-refractivity contribution in [1.82, 2.24) is 10.2 Å². The van der Waals surface area contributed by atoms with Gasteiger partial charge in [-0.15, -0.1) is 0 Å². The lowest BCUT2D eigenvalue weighted by atomic mass is 9.85. The van der Waals surface area contributed by atoms with Crippen LogP contribution >= 0.6 is 0 Å². The van der Waals surface area contributed by atoms with Crippen LogP contribution in [0.1, 0.15) is 51.9 Å². The number of aliphatic hydroxyl groups is 1. The van der Waals surface area contributed by atoms with Crippen LogP contribution in [0.15, 0.2) is 0 Å². The lowest BCUT2D eigenvalue weighted by molar-refractivity contribution is -0.132. The van der Waals surface area contributed by atoms with Gasteiger partial charge in [-0.25, -0.2) is 0 Å². The minimum atomic E-state index is -0.586. The molecule has 1 saturated heterocycles. The Morgan fingerprint density at radius 2 is 1.83 bits per heavy atom. The van der Waals surface area contributed by atoms with Crippen molar-refractivity contribution in [2.45, 2.75) is 63.5 Å². The number of likely N-dealkylation sites (tertiary alicyclic amines) is 1. The number of hydrogen-bond acceptors (Lipinski definition) is 3. The molecule has 2 rings (SSSR count). The van der Waals surface area contributed by atoms with E-state index in [1.54, 1.807) is 0 Å². The lowest BCUT2D eigenvalue weighted by Crippen LogP contribution is -2.50. The highest BCUT2D eigenvalue weighted by Gasteiger charge is 2.31.